The lowest BCUT2D eigenvalue weighted by Crippen LogP contribution is -2.46. The highest BCUT2D eigenvalue weighted by molar-refractivity contribution is 9.09. The maximum absolute atomic E-state index is 13.2. The lowest BCUT2D eigenvalue weighted by atomic mass is 10.2. The van der Waals surface area contributed by atoms with Gasteiger partial charge in [0.05, 0.1) is 4.90 Å². The van der Waals surface area contributed by atoms with Crippen LogP contribution in [-0.4, -0.2) is 25.3 Å². The summed E-state index contributed by atoms with van der Waals surface area (Å²) in [6.45, 7) is -0.0280. The van der Waals surface area contributed by atoms with E-state index < -0.39 is 31.9 Å². The molecule has 0 amide bonds. The summed E-state index contributed by atoms with van der Waals surface area (Å²) in [5, 5.41) is -2.68. The van der Waals surface area contributed by atoms with Gasteiger partial charge in [-0.3, -0.25) is 0 Å². The van der Waals surface area contributed by atoms with E-state index in [1.807, 2.05) is 0 Å². The van der Waals surface area contributed by atoms with E-state index in [1.54, 1.807) is 0 Å². The predicted octanol–water partition coefficient (Wildman–Crippen LogP) is 3.40. The molecule has 0 N–H and O–H groups in total. The second-order valence-electron chi connectivity index (χ2n) is 3.69. The zero-order valence-corrected chi connectivity index (χ0v) is 11.9. The van der Waals surface area contributed by atoms with Crippen molar-refractivity contribution in [1.29, 1.82) is 0 Å². The molecule has 0 spiro atoms. The Morgan fingerprint density at radius 3 is 2.05 bits per heavy atom. The molecule has 9 heteroatoms. The van der Waals surface area contributed by atoms with Crippen molar-refractivity contribution in [3.05, 3.63) is 30.3 Å². The Labute approximate surface area is 115 Å². The molecule has 0 aliphatic heterocycles. The van der Waals surface area contributed by atoms with Gasteiger partial charge in [-0.15, -0.1) is 0 Å². The number of rotatable bonds is 5. The molecule has 0 heterocycles. The smallest absolute Gasteiger partial charge is 0.245 e. The first-order valence-corrected chi connectivity index (χ1v) is 7.19. The first-order valence-electron chi connectivity index (χ1n) is 4.86. The highest BCUT2D eigenvalue weighted by Crippen LogP contribution is 2.41. The van der Waals surface area contributed by atoms with E-state index in [-0.39, 0.29) is 6.92 Å². The van der Waals surface area contributed by atoms with Crippen LogP contribution in [0.15, 0.2) is 35.2 Å². The Bertz CT molecular complexity index is 527. The molecule has 1 aromatic carbocycles. The summed E-state index contributed by atoms with van der Waals surface area (Å²) < 4.78 is 79.0. The first kappa shape index (κ1) is 16.4. The van der Waals surface area contributed by atoms with Crippen LogP contribution in [0.5, 0.6) is 0 Å². The van der Waals surface area contributed by atoms with E-state index in [1.165, 1.54) is 18.2 Å². The van der Waals surface area contributed by atoms with Crippen molar-refractivity contribution in [3.8, 4) is 0 Å². The molecule has 0 fully saturated rings. The standard InChI is InChI=1S/C10H9BrF4O3S/c1-9(12,13)10(14,15)8(11)18-19(16,17)7-5-3-2-4-6-7/h2-6,8H,1H3. The average Bonchev–Trinajstić information content (AvgIpc) is 2.28. The highest BCUT2D eigenvalue weighted by atomic mass is 79.9. The van der Waals surface area contributed by atoms with Crippen LogP contribution < -0.4 is 0 Å². The van der Waals surface area contributed by atoms with Crippen molar-refractivity contribution in [2.45, 2.75) is 28.7 Å². The third kappa shape index (κ3) is 3.67. The van der Waals surface area contributed by atoms with Crippen molar-refractivity contribution >= 4 is 26.0 Å². The van der Waals surface area contributed by atoms with Gasteiger partial charge >= 0.3 is 11.8 Å². The summed E-state index contributed by atoms with van der Waals surface area (Å²) in [6, 6.07) is 6.37. The van der Waals surface area contributed by atoms with E-state index in [0.717, 1.165) is 12.1 Å². The molecule has 0 saturated heterocycles. The van der Waals surface area contributed by atoms with Crippen LogP contribution in [0.1, 0.15) is 6.92 Å². The van der Waals surface area contributed by atoms with E-state index in [4.69, 9.17) is 0 Å². The molecule has 0 aliphatic carbocycles. The van der Waals surface area contributed by atoms with Gasteiger partial charge < -0.3 is 0 Å². The lowest BCUT2D eigenvalue weighted by Gasteiger charge is -2.26. The van der Waals surface area contributed by atoms with Gasteiger partial charge in [0.1, 0.15) is 0 Å². The van der Waals surface area contributed by atoms with Gasteiger partial charge in [0.25, 0.3) is 10.1 Å². The van der Waals surface area contributed by atoms with Crippen molar-refractivity contribution in [2.75, 3.05) is 0 Å². The summed E-state index contributed by atoms with van der Waals surface area (Å²) in [7, 11) is -4.56. The fraction of sp³-hybridized carbons (Fsp3) is 0.400. The molecule has 0 radical (unpaired) electrons. The zero-order valence-electron chi connectivity index (χ0n) is 9.49. The normalized spacial score (nSPS) is 15.3. The second kappa shape index (κ2) is 5.37. The van der Waals surface area contributed by atoms with Gasteiger partial charge in [0.15, 0.2) is 0 Å². The molecule has 0 bridgehead atoms. The molecule has 1 aromatic rings. The fourth-order valence-corrected chi connectivity index (χ4v) is 2.96. The minimum Gasteiger partial charge on any atom is -0.245 e. The number of alkyl halides is 5. The van der Waals surface area contributed by atoms with Crippen LogP contribution in [-0.2, 0) is 14.3 Å². The Kier molecular flexibility index (Phi) is 4.63. The van der Waals surface area contributed by atoms with E-state index in [9.17, 15) is 26.0 Å². The summed E-state index contributed by atoms with van der Waals surface area (Å²) >= 11 is 2.14. The number of hydrogen-bond donors (Lipinski definition) is 0. The maximum atomic E-state index is 13.2. The number of hydrogen-bond acceptors (Lipinski definition) is 3. The molecule has 0 saturated carbocycles. The molecule has 19 heavy (non-hydrogen) atoms. The summed E-state index contributed by atoms with van der Waals surface area (Å²) in [5.41, 5.74) is 0. The monoisotopic (exact) mass is 364 g/mol. The van der Waals surface area contributed by atoms with Crippen LogP contribution in [0.2, 0.25) is 0 Å². The van der Waals surface area contributed by atoms with Crippen LogP contribution in [0.25, 0.3) is 0 Å². The Morgan fingerprint density at radius 1 is 1.16 bits per heavy atom. The van der Waals surface area contributed by atoms with E-state index >= 15 is 0 Å². The van der Waals surface area contributed by atoms with Crippen molar-refractivity contribution in [2.24, 2.45) is 0 Å². The van der Waals surface area contributed by atoms with Crippen molar-refractivity contribution < 1.29 is 30.2 Å². The van der Waals surface area contributed by atoms with Crippen LogP contribution >= 0.6 is 15.9 Å². The molecule has 1 unspecified atom stereocenters. The van der Waals surface area contributed by atoms with Gasteiger partial charge in [-0.1, -0.05) is 18.2 Å². The minimum absolute atomic E-state index is 0.0280. The predicted molar refractivity (Wildman–Crippen MR) is 63.0 cm³/mol. The van der Waals surface area contributed by atoms with Crippen molar-refractivity contribution in [1.82, 2.24) is 0 Å². The molecule has 3 nitrogen and oxygen atoms in total. The molecule has 108 valence electrons. The summed E-state index contributed by atoms with van der Waals surface area (Å²) in [4.78, 5) is -0.408. The Morgan fingerprint density at radius 2 is 1.63 bits per heavy atom. The van der Waals surface area contributed by atoms with Gasteiger partial charge in [0, 0.05) is 6.92 Å². The Balaban J connectivity index is 2.98. The molecular weight excluding hydrogens is 356 g/mol. The maximum Gasteiger partial charge on any atom is 0.346 e. The number of benzene rings is 1. The molecule has 0 aromatic heterocycles. The van der Waals surface area contributed by atoms with Gasteiger partial charge in [0.2, 0.25) is 5.01 Å². The average molecular weight is 365 g/mol. The zero-order chi connectivity index (χ0) is 14.9. The summed E-state index contributed by atoms with van der Waals surface area (Å²) in [6.07, 6.45) is 0. The number of halogens is 5. The SMILES string of the molecule is CC(F)(F)C(F)(F)C(Br)OS(=O)(=O)c1ccccc1. The third-order valence-corrected chi connectivity index (χ3v) is 4.42. The Hall–Kier alpha value is -0.670. The molecule has 0 aliphatic rings. The quantitative estimate of drug-likeness (QED) is 0.456. The molecule has 1 atom stereocenters. The fourth-order valence-electron chi connectivity index (χ4n) is 1.01. The second-order valence-corrected chi connectivity index (χ2v) is 6.09. The summed E-state index contributed by atoms with van der Waals surface area (Å²) in [5.74, 6) is -9.12. The highest BCUT2D eigenvalue weighted by Gasteiger charge is 2.59. The van der Waals surface area contributed by atoms with Crippen LogP contribution in [0.4, 0.5) is 17.6 Å². The van der Waals surface area contributed by atoms with E-state index in [0.29, 0.717) is 0 Å². The molecule has 1 rings (SSSR count). The van der Waals surface area contributed by atoms with Gasteiger partial charge in [-0.25, -0.2) is 13.0 Å². The largest absolute Gasteiger partial charge is 0.346 e. The van der Waals surface area contributed by atoms with E-state index in [2.05, 4.69) is 20.1 Å². The third-order valence-electron chi connectivity index (χ3n) is 2.11. The topological polar surface area (TPSA) is 43.4 Å². The molecular formula is C10H9BrF4O3S. The first-order chi connectivity index (χ1) is 8.48. The van der Waals surface area contributed by atoms with Crippen LogP contribution in [0, 0.1) is 0 Å². The van der Waals surface area contributed by atoms with Crippen molar-refractivity contribution in [3.63, 3.8) is 0 Å². The van der Waals surface area contributed by atoms with Crippen LogP contribution in [0.3, 0.4) is 0 Å². The lowest BCUT2D eigenvalue weighted by molar-refractivity contribution is -0.217. The minimum atomic E-state index is -4.69. The van der Waals surface area contributed by atoms with Gasteiger partial charge in [-0.2, -0.15) is 17.2 Å². The van der Waals surface area contributed by atoms with Gasteiger partial charge in [-0.05, 0) is 28.1 Å².